The highest BCUT2D eigenvalue weighted by atomic mass is 16.6. The minimum absolute atomic E-state index is 0.0602. The van der Waals surface area contributed by atoms with Gasteiger partial charge in [0, 0.05) is 23.2 Å². The zero-order valence-corrected chi connectivity index (χ0v) is 14.0. The first-order valence-electron chi connectivity index (χ1n) is 7.86. The summed E-state index contributed by atoms with van der Waals surface area (Å²) < 4.78 is 5.32. The van der Waals surface area contributed by atoms with Crippen LogP contribution in [-0.4, -0.2) is 30.6 Å². The summed E-state index contributed by atoms with van der Waals surface area (Å²) in [5.41, 5.74) is 2.55. The lowest BCUT2D eigenvalue weighted by Crippen LogP contribution is -2.28. The van der Waals surface area contributed by atoms with Gasteiger partial charge in [-0.1, -0.05) is 29.4 Å². The number of para-hydroxylation sites is 1. The van der Waals surface area contributed by atoms with Gasteiger partial charge >= 0.3 is 0 Å². The van der Waals surface area contributed by atoms with Crippen molar-refractivity contribution in [2.45, 2.75) is 19.4 Å². The second kappa shape index (κ2) is 7.17. The van der Waals surface area contributed by atoms with Gasteiger partial charge in [0.15, 0.2) is 5.78 Å². The number of anilines is 1. The number of methoxy groups -OCH3 is 1. The van der Waals surface area contributed by atoms with Gasteiger partial charge in [0.2, 0.25) is 6.10 Å². The molecule has 1 amide bonds. The maximum Gasteiger partial charge on any atom is 0.268 e. The van der Waals surface area contributed by atoms with Gasteiger partial charge in [-0.25, -0.2) is 0 Å². The fourth-order valence-electron chi connectivity index (χ4n) is 2.60. The van der Waals surface area contributed by atoms with Gasteiger partial charge in [-0.05, 0) is 31.2 Å². The van der Waals surface area contributed by atoms with Crippen LogP contribution >= 0.6 is 0 Å². The number of hydrogen-bond acceptors (Lipinski definition) is 5. The van der Waals surface area contributed by atoms with Crippen LogP contribution in [0.1, 0.15) is 29.3 Å². The number of nitrogens with one attached hydrogen (secondary N) is 1. The molecular weight excluding hydrogens is 320 g/mol. The smallest absolute Gasteiger partial charge is 0.268 e. The lowest BCUT2D eigenvalue weighted by molar-refractivity contribution is -0.125. The van der Waals surface area contributed by atoms with Crippen LogP contribution in [0, 0.1) is 0 Å². The molecule has 1 N–H and O–H groups in total. The van der Waals surface area contributed by atoms with Crippen molar-refractivity contribution in [2.24, 2.45) is 5.16 Å². The van der Waals surface area contributed by atoms with Crippen molar-refractivity contribution in [3.8, 4) is 5.75 Å². The van der Waals surface area contributed by atoms with Crippen LogP contribution < -0.4 is 10.1 Å². The summed E-state index contributed by atoms with van der Waals surface area (Å²) in [6.45, 7) is 1.48. The van der Waals surface area contributed by atoms with Gasteiger partial charge in [0.25, 0.3) is 5.91 Å². The largest absolute Gasteiger partial charge is 0.496 e. The van der Waals surface area contributed by atoms with Gasteiger partial charge < -0.3 is 14.9 Å². The van der Waals surface area contributed by atoms with Crippen LogP contribution in [0.4, 0.5) is 5.69 Å². The number of ether oxygens (including phenoxy) is 1. The monoisotopic (exact) mass is 338 g/mol. The van der Waals surface area contributed by atoms with Gasteiger partial charge in [0.1, 0.15) is 5.75 Å². The molecule has 0 unspecified atom stereocenters. The van der Waals surface area contributed by atoms with Crippen molar-refractivity contribution in [1.29, 1.82) is 0 Å². The molecule has 6 heteroatoms. The molecule has 0 spiro atoms. The number of carbonyl (C=O) groups is 2. The van der Waals surface area contributed by atoms with Crippen LogP contribution in [0.15, 0.2) is 53.7 Å². The molecule has 0 radical (unpaired) electrons. The predicted molar refractivity (Wildman–Crippen MR) is 94.1 cm³/mol. The number of benzene rings is 2. The fourth-order valence-corrected chi connectivity index (χ4v) is 2.60. The number of rotatable bonds is 5. The molecule has 0 saturated carbocycles. The van der Waals surface area contributed by atoms with E-state index in [1.165, 1.54) is 6.92 Å². The van der Waals surface area contributed by atoms with Gasteiger partial charge in [0.05, 0.1) is 12.8 Å². The summed E-state index contributed by atoms with van der Waals surface area (Å²) >= 11 is 0. The van der Waals surface area contributed by atoms with Crippen LogP contribution in [0.25, 0.3) is 0 Å². The Bertz CT molecular complexity index is 845. The van der Waals surface area contributed by atoms with E-state index < -0.39 is 6.10 Å². The first-order valence-corrected chi connectivity index (χ1v) is 7.86. The zero-order valence-electron chi connectivity index (χ0n) is 14.0. The average Bonchev–Trinajstić information content (AvgIpc) is 3.12. The third-order valence-electron chi connectivity index (χ3n) is 3.92. The molecule has 6 nitrogen and oxygen atoms in total. The van der Waals surface area contributed by atoms with E-state index in [0.717, 1.165) is 5.56 Å². The average molecular weight is 338 g/mol. The highest BCUT2D eigenvalue weighted by molar-refractivity contribution is 6.07. The Kier molecular flexibility index (Phi) is 4.79. The second-order valence-electron chi connectivity index (χ2n) is 5.66. The summed E-state index contributed by atoms with van der Waals surface area (Å²) in [7, 11) is 1.58. The molecule has 0 bridgehead atoms. The van der Waals surface area contributed by atoms with Gasteiger partial charge in [-0.3, -0.25) is 9.59 Å². The standard InChI is InChI=1S/C19H18N2O4/c1-12(22)13-6-5-7-14(10-13)20-19(23)18-11-16(21-25-18)15-8-3-4-9-17(15)24-2/h3-10,18H,11H2,1-2H3,(H,20,23)/t18-/m1/s1. The molecule has 0 saturated heterocycles. The highest BCUT2D eigenvalue weighted by Gasteiger charge is 2.30. The number of nitrogens with zero attached hydrogens (tertiary/aromatic N) is 1. The van der Waals surface area contributed by atoms with Crippen LogP contribution in [0.5, 0.6) is 5.75 Å². The van der Waals surface area contributed by atoms with E-state index in [-0.39, 0.29) is 11.7 Å². The Hall–Kier alpha value is -3.15. The number of carbonyl (C=O) groups excluding carboxylic acids is 2. The van der Waals surface area contributed by atoms with Crippen molar-refractivity contribution in [1.82, 2.24) is 0 Å². The van der Waals surface area contributed by atoms with E-state index in [4.69, 9.17) is 9.57 Å². The SMILES string of the molecule is COc1ccccc1C1=NO[C@@H](C(=O)Nc2cccc(C(C)=O)c2)C1. The predicted octanol–water partition coefficient (Wildman–Crippen LogP) is 3.03. The van der Waals surface area contributed by atoms with Crippen molar-refractivity contribution in [3.05, 3.63) is 59.7 Å². The molecule has 2 aromatic rings. The Morgan fingerprint density at radius 3 is 2.76 bits per heavy atom. The molecule has 25 heavy (non-hydrogen) atoms. The number of hydrogen-bond donors (Lipinski definition) is 1. The summed E-state index contributed by atoms with van der Waals surface area (Å²) in [4.78, 5) is 29.1. The minimum atomic E-state index is -0.721. The first kappa shape index (κ1) is 16.7. The second-order valence-corrected chi connectivity index (χ2v) is 5.66. The quantitative estimate of drug-likeness (QED) is 0.850. The first-order chi connectivity index (χ1) is 12.1. The molecule has 1 atom stereocenters. The molecule has 0 aliphatic carbocycles. The molecule has 1 aliphatic rings. The number of amides is 1. The van der Waals surface area contributed by atoms with Crippen molar-refractivity contribution >= 4 is 23.1 Å². The molecular formula is C19H18N2O4. The van der Waals surface area contributed by atoms with Crippen molar-refractivity contribution in [2.75, 3.05) is 12.4 Å². The number of ketones is 1. The lowest BCUT2D eigenvalue weighted by atomic mass is 10.0. The van der Waals surface area contributed by atoms with E-state index in [1.807, 2.05) is 24.3 Å². The third kappa shape index (κ3) is 3.68. The molecule has 0 fully saturated rings. The topological polar surface area (TPSA) is 77.0 Å². The van der Waals surface area contributed by atoms with Crippen LogP contribution in [0.3, 0.4) is 0 Å². The normalized spacial score (nSPS) is 15.9. The summed E-state index contributed by atoms with van der Waals surface area (Å²) in [5.74, 6) is 0.310. The number of Topliss-reactive ketones (excluding diaryl/α,β-unsaturated/α-hetero) is 1. The summed E-state index contributed by atoms with van der Waals surface area (Å²) in [6, 6.07) is 14.2. The molecule has 1 heterocycles. The molecule has 1 aliphatic heterocycles. The van der Waals surface area contributed by atoms with Gasteiger partial charge in [-0.15, -0.1) is 0 Å². The number of oxime groups is 1. The Labute approximate surface area is 145 Å². The molecule has 128 valence electrons. The third-order valence-corrected chi connectivity index (χ3v) is 3.92. The molecule has 3 rings (SSSR count). The summed E-state index contributed by atoms with van der Waals surface area (Å²) in [6.07, 6.45) is -0.376. The minimum Gasteiger partial charge on any atom is -0.496 e. The van der Waals surface area contributed by atoms with Crippen molar-refractivity contribution in [3.63, 3.8) is 0 Å². The van der Waals surface area contributed by atoms with E-state index >= 15 is 0 Å². The van der Waals surface area contributed by atoms with E-state index in [9.17, 15) is 9.59 Å². The Balaban J connectivity index is 1.68. The highest BCUT2D eigenvalue weighted by Crippen LogP contribution is 2.25. The van der Waals surface area contributed by atoms with E-state index in [1.54, 1.807) is 31.4 Å². The van der Waals surface area contributed by atoms with Crippen LogP contribution in [-0.2, 0) is 9.63 Å². The Morgan fingerprint density at radius 1 is 1.20 bits per heavy atom. The Morgan fingerprint density at radius 2 is 2.00 bits per heavy atom. The van der Waals surface area contributed by atoms with E-state index in [2.05, 4.69) is 10.5 Å². The lowest BCUT2D eigenvalue weighted by Gasteiger charge is -2.10. The fraction of sp³-hybridized carbons (Fsp3) is 0.211. The maximum absolute atomic E-state index is 12.4. The maximum atomic E-state index is 12.4. The van der Waals surface area contributed by atoms with Gasteiger partial charge in [-0.2, -0.15) is 0 Å². The van der Waals surface area contributed by atoms with Crippen molar-refractivity contribution < 1.29 is 19.2 Å². The summed E-state index contributed by atoms with van der Waals surface area (Å²) in [5, 5.41) is 6.79. The molecule has 2 aromatic carbocycles. The van der Waals surface area contributed by atoms with E-state index in [0.29, 0.717) is 29.1 Å². The zero-order chi connectivity index (χ0) is 17.8. The van der Waals surface area contributed by atoms with Crippen LogP contribution in [0.2, 0.25) is 0 Å². The molecule has 0 aromatic heterocycles.